The molecule has 2 rings (SSSR count). The topological polar surface area (TPSA) is 190 Å². The van der Waals surface area contributed by atoms with Crippen LogP contribution >= 0.6 is 8.25 Å². The van der Waals surface area contributed by atoms with Gasteiger partial charge in [0.1, 0.15) is 11.3 Å². The molecule has 0 radical (unpaired) electrons. The maximum atomic E-state index is 12.5. The minimum Gasteiger partial charge on any atom is -0.372 e. The maximum absolute atomic E-state index is 12.5. The van der Waals surface area contributed by atoms with E-state index in [0.29, 0.717) is 38.8 Å². The summed E-state index contributed by atoms with van der Waals surface area (Å²) in [5.41, 5.74) is -0.653. The monoisotopic (exact) mass is 619 g/mol. The van der Waals surface area contributed by atoms with Gasteiger partial charge in [0.25, 0.3) is 5.69 Å². The highest BCUT2D eigenvalue weighted by Crippen LogP contribution is 2.52. The molecule has 0 aliphatic rings. The molecule has 0 saturated heterocycles. The Bertz CT molecular complexity index is 1360. The molecule has 0 aliphatic carbocycles. The van der Waals surface area contributed by atoms with Gasteiger partial charge in [0.2, 0.25) is 17.3 Å². The van der Waals surface area contributed by atoms with Gasteiger partial charge in [-0.05, 0) is 57.7 Å². The first-order valence-corrected chi connectivity index (χ1v) is 15.6. The van der Waals surface area contributed by atoms with E-state index >= 15 is 0 Å². The molecule has 0 saturated carbocycles. The van der Waals surface area contributed by atoms with E-state index in [4.69, 9.17) is 4.52 Å². The predicted octanol–water partition coefficient (Wildman–Crippen LogP) is 8.22. The zero-order valence-corrected chi connectivity index (χ0v) is 26.2. The van der Waals surface area contributed by atoms with Crippen molar-refractivity contribution < 1.29 is 28.6 Å². The smallest absolute Gasteiger partial charge is 0.372 e. The van der Waals surface area contributed by atoms with Crippen molar-refractivity contribution in [3.8, 4) is 5.75 Å². The molecule has 1 atom stereocenters. The number of rotatable bonds is 18. The minimum atomic E-state index is -3.37. The lowest BCUT2D eigenvalue weighted by atomic mass is 9.94. The third kappa shape index (κ3) is 9.48. The number of unbranched alkanes of at least 4 members (excludes halogenated alkanes) is 4. The molecule has 0 heterocycles. The van der Waals surface area contributed by atoms with Gasteiger partial charge in [0.05, 0.1) is 21.1 Å². The van der Waals surface area contributed by atoms with Crippen LogP contribution in [0.3, 0.4) is 0 Å². The van der Waals surface area contributed by atoms with Crippen LogP contribution in [0.4, 0.5) is 34.1 Å². The molecule has 0 bridgehead atoms. The second-order valence-corrected chi connectivity index (χ2v) is 10.5. The summed E-state index contributed by atoms with van der Waals surface area (Å²) in [4.78, 5) is 47.1. The van der Waals surface area contributed by atoms with Crippen LogP contribution in [0, 0.1) is 20.2 Å². The fourth-order valence-electron chi connectivity index (χ4n) is 4.84. The predicted molar refractivity (Wildman–Crippen MR) is 165 cm³/mol. The number of nitrogens with zero attached hydrogens (tertiary/aromatic N) is 5. The van der Waals surface area contributed by atoms with Crippen molar-refractivity contribution in [1.29, 1.82) is 0 Å². The fraction of sp³-hybridized carbons (Fsp3) is 0.536. The Hall–Kier alpha value is -4.03. The molecule has 0 aliphatic heterocycles. The van der Waals surface area contributed by atoms with Crippen LogP contribution in [0.15, 0.2) is 28.4 Å². The normalized spacial score (nSPS) is 11.4. The largest absolute Gasteiger partial charge is 0.747 e. The molecule has 14 nitrogen and oxygen atoms in total. The number of nitro groups is 2. The van der Waals surface area contributed by atoms with E-state index in [9.17, 15) is 34.5 Å². The van der Waals surface area contributed by atoms with E-state index in [1.54, 1.807) is 18.2 Å². The van der Waals surface area contributed by atoms with E-state index in [2.05, 4.69) is 15.5 Å². The number of hydrogen-bond acceptors (Lipinski definition) is 10. The summed E-state index contributed by atoms with van der Waals surface area (Å²) in [5.74, 6) is -0.908. The molecule has 0 aromatic heterocycles. The highest BCUT2D eigenvalue weighted by molar-refractivity contribution is 7.32. The van der Waals surface area contributed by atoms with E-state index in [0.717, 1.165) is 18.5 Å². The lowest BCUT2D eigenvalue weighted by Crippen LogP contribution is -2.21. The van der Waals surface area contributed by atoms with Crippen molar-refractivity contribution in [3.63, 3.8) is 0 Å². The van der Waals surface area contributed by atoms with Crippen LogP contribution in [-0.2, 0) is 22.2 Å². The summed E-state index contributed by atoms with van der Waals surface area (Å²) >= 11 is 0. The van der Waals surface area contributed by atoms with E-state index in [1.165, 1.54) is 6.92 Å². The quantitative estimate of drug-likeness (QED) is 0.0544. The first-order valence-electron chi connectivity index (χ1n) is 14.4. The zero-order valence-electron chi connectivity index (χ0n) is 25.3. The van der Waals surface area contributed by atoms with Crippen molar-refractivity contribution in [1.82, 2.24) is 0 Å². The van der Waals surface area contributed by atoms with Crippen molar-refractivity contribution >= 4 is 48.3 Å². The Morgan fingerprint density at radius 3 is 2.02 bits per heavy atom. The molecule has 1 unspecified atom stereocenters. The van der Waals surface area contributed by atoms with E-state index < -0.39 is 40.9 Å². The van der Waals surface area contributed by atoms with Crippen LogP contribution in [-0.4, -0.2) is 33.7 Å². The Balaban J connectivity index is 2.96. The molecular weight excluding hydrogens is 579 g/mol. The summed E-state index contributed by atoms with van der Waals surface area (Å²) in [5, 5.41) is 35.9. The molecule has 2 aromatic carbocycles. The standard InChI is InChI=1S/C28H39N6O8P/c1-6-10-12-14-21-26(33(36)37)22(15-13-11-7-2)28(42-43(40)41)25(27(21)34(38)39)31-30-23-17-16-20(32(8-3)9-4)18-24(23)29-19(5)35/h16-18H,6-15H2,1-5H3,(H-,29,31,35,40,41)/p+1. The van der Waals surface area contributed by atoms with E-state index in [-0.39, 0.29) is 41.3 Å². The van der Waals surface area contributed by atoms with Crippen LogP contribution in [0.2, 0.25) is 0 Å². The number of carbonyl (C=O) groups is 1. The van der Waals surface area contributed by atoms with Crippen molar-refractivity contribution in [2.45, 2.75) is 86.0 Å². The molecule has 15 heteroatoms. The Kier molecular flexibility index (Phi) is 14.0. The van der Waals surface area contributed by atoms with Crippen LogP contribution in [0.25, 0.3) is 0 Å². The molecule has 2 N–H and O–H groups in total. The number of nitro benzene ring substituents is 2. The highest BCUT2D eigenvalue weighted by atomic mass is 31.1. The zero-order chi connectivity index (χ0) is 32.1. The third-order valence-corrected chi connectivity index (χ3v) is 7.18. The Morgan fingerprint density at radius 2 is 1.53 bits per heavy atom. The molecule has 1 amide bonds. The summed E-state index contributed by atoms with van der Waals surface area (Å²) in [6.07, 6.45) is 3.94. The lowest BCUT2D eigenvalue weighted by molar-refractivity contribution is -0.395. The van der Waals surface area contributed by atoms with Crippen molar-refractivity contribution in [2.75, 3.05) is 23.3 Å². The first-order chi connectivity index (χ1) is 20.5. The molecule has 0 spiro atoms. The highest BCUT2D eigenvalue weighted by Gasteiger charge is 2.40. The van der Waals surface area contributed by atoms with Gasteiger partial charge in [-0.3, -0.25) is 25.0 Å². The molecule has 0 fully saturated rings. The maximum Gasteiger partial charge on any atom is 0.747 e. The number of nitrogens with one attached hydrogen (secondary N) is 1. The van der Waals surface area contributed by atoms with Crippen LogP contribution < -0.4 is 14.7 Å². The number of amides is 1. The van der Waals surface area contributed by atoms with Gasteiger partial charge in [-0.2, -0.15) is 0 Å². The summed E-state index contributed by atoms with van der Waals surface area (Å²) in [6, 6.07) is 5.03. The van der Waals surface area contributed by atoms with Gasteiger partial charge in [0, 0.05) is 30.3 Å². The van der Waals surface area contributed by atoms with E-state index in [1.807, 2.05) is 32.6 Å². The number of azo groups is 1. The van der Waals surface area contributed by atoms with Gasteiger partial charge >= 0.3 is 13.9 Å². The van der Waals surface area contributed by atoms with Crippen LogP contribution in [0.1, 0.15) is 84.3 Å². The van der Waals surface area contributed by atoms with Crippen molar-refractivity contribution in [3.05, 3.63) is 49.6 Å². The van der Waals surface area contributed by atoms with Gasteiger partial charge in [-0.15, -0.1) is 15.1 Å². The van der Waals surface area contributed by atoms with Crippen molar-refractivity contribution in [2.24, 2.45) is 10.2 Å². The fourth-order valence-corrected chi connectivity index (χ4v) is 5.20. The summed E-state index contributed by atoms with van der Waals surface area (Å²) in [6.45, 7) is 10.6. The third-order valence-electron chi connectivity index (χ3n) is 6.84. The molecule has 234 valence electrons. The Morgan fingerprint density at radius 1 is 0.953 bits per heavy atom. The first kappa shape index (κ1) is 35.2. The van der Waals surface area contributed by atoms with Gasteiger partial charge < -0.3 is 10.2 Å². The number of benzene rings is 2. The SMILES string of the molecule is CCCCCc1c(O[P+](=O)O)c(N=Nc2ccc(N(CC)CC)cc2NC(C)=O)c([N+](=O)[O-])c(CCCCC)c1[N+](=O)[O-]. The molecule has 2 aromatic rings. The molecular formula is C28H40N6O8P+. The molecule has 43 heavy (non-hydrogen) atoms. The van der Waals surface area contributed by atoms with Crippen LogP contribution in [0.5, 0.6) is 5.75 Å². The second-order valence-electron chi connectivity index (χ2n) is 9.84. The van der Waals surface area contributed by atoms with Gasteiger partial charge in [-0.1, -0.05) is 39.5 Å². The Labute approximate surface area is 251 Å². The van der Waals surface area contributed by atoms with Gasteiger partial charge in [0.15, 0.2) is 0 Å². The second kappa shape index (κ2) is 17.2. The summed E-state index contributed by atoms with van der Waals surface area (Å²) in [7, 11) is -3.37. The number of hydrogen-bond donors (Lipinski definition) is 2. The average molecular weight is 620 g/mol. The van der Waals surface area contributed by atoms with Gasteiger partial charge in [-0.25, -0.2) is 4.52 Å². The minimum absolute atomic E-state index is 0.0189. The average Bonchev–Trinajstić information content (AvgIpc) is 2.93. The number of anilines is 2. The number of carbonyl (C=O) groups excluding carboxylic acids is 1. The lowest BCUT2D eigenvalue weighted by Gasteiger charge is -2.22. The summed E-state index contributed by atoms with van der Waals surface area (Å²) < 4.78 is 17.1.